The molecule has 2 aliphatic rings. The topological polar surface area (TPSA) is 12.0 Å². The van der Waals surface area contributed by atoms with Crippen molar-refractivity contribution in [2.75, 3.05) is 6.54 Å². The maximum absolute atomic E-state index is 6.42. The Labute approximate surface area is 121 Å². The number of hydrogen-bond acceptors (Lipinski definition) is 1. The SMILES string of the molecule is Cc1ccc(CC(C)(CNC2CC2)C2CC2)c(Cl)c1. The summed E-state index contributed by atoms with van der Waals surface area (Å²) in [4.78, 5) is 0. The van der Waals surface area contributed by atoms with Crippen LogP contribution >= 0.6 is 11.6 Å². The quantitative estimate of drug-likeness (QED) is 0.815. The maximum Gasteiger partial charge on any atom is 0.0440 e. The molecule has 0 heterocycles. The van der Waals surface area contributed by atoms with E-state index in [0.29, 0.717) is 5.41 Å². The molecule has 0 aromatic heterocycles. The Balaban J connectivity index is 1.72. The zero-order valence-corrected chi connectivity index (χ0v) is 12.8. The lowest BCUT2D eigenvalue weighted by Gasteiger charge is -2.31. The third-order valence-corrected chi connectivity index (χ3v) is 5.09. The molecule has 1 nitrogen and oxygen atoms in total. The smallest absolute Gasteiger partial charge is 0.0440 e. The first kappa shape index (κ1) is 13.5. The predicted octanol–water partition coefficient (Wildman–Crippen LogP) is 4.36. The Morgan fingerprint density at radius 2 is 2.00 bits per heavy atom. The summed E-state index contributed by atoms with van der Waals surface area (Å²) in [6, 6.07) is 7.29. The van der Waals surface area contributed by atoms with E-state index in [1.807, 2.05) is 0 Å². The second-order valence-electron chi connectivity index (χ2n) is 6.86. The first-order chi connectivity index (χ1) is 9.07. The van der Waals surface area contributed by atoms with Gasteiger partial charge in [0.25, 0.3) is 0 Å². The first-order valence-electron chi connectivity index (χ1n) is 7.55. The molecule has 0 spiro atoms. The molecule has 0 aliphatic heterocycles. The van der Waals surface area contributed by atoms with E-state index in [4.69, 9.17) is 11.6 Å². The third kappa shape index (κ3) is 3.32. The number of benzene rings is 1. The van der Waals surface area contributed by atoms with Gasteiger partial charge in [-0.3, -0.25) is 0 Å². The largest absolute Gasteiger partial charge is 0.313 e. The van der Waals surface area contributed by atoms with Gasteiger partial charge in [0.2, 0.25) is 0 Å². The van der Waals surface area contributed by atoms with Crippen LogP contribution in [0, 0.1) is 18.3 Å². The van der Waals surface area contributed by atoms with Crippen LogP contribution in [0.3, 0.4) is 0 Å². The lowest BCUT2D eigenvalue weighted by molar-refractivity contribution is 0.255. The molecule has 0 amide bonds. The van der Waals surface area contributed by atoms with Gasteiger partial charge in [-0.15, -0.1) is 0 Å². The Morgan fingerprint density at radius 3 is 2.58 bits per heavy atom. The maximum atomic E-state index is 6.42. The normalized spacial score (nSPS) is 22.3. The molecule has 0 bridgehead atoms. The molecule has 2 aliphatic carbocycles. The molecule has 2 heteroatoms. The van der Waals surface area contributed by atoms with Crippen molar-refractivity contribution in [1.29, 1.82) is 0 Å². The van der Waals surface area contributed by atoms with Gasteiger partial charge >= 0.3 is 0 Å². The third-order valence-electron chi connectivity index (χ3n) is 4.74. The number of rotatable bonds is 6. The summed E-state index contributed by atoms with van der Waals surface area (Å²) in [5.41, 5.74) is 2.94. The highest BCUT2D eigenvalue weighted by atomic mass is 35.5. The minimum Gasteiger partial charge on any atom is -0.313 e. The summed E-state index contributed by atoms with van der Waals surface area (Å²) in [7, 11) is 0. The van der Waals surface area contributed by atoms with Gasteiger partial charge in [-0.05, 0) is 67.6 Å². The highest BCUT2D eigenvalue weighted by molar-refractivity contribution is 6.31. The van der Waals surface area contributed by atoms with E-state index >= 15 is 0 Å². The fourth-order valence-electron chi connectivity index (χ4n) is 3.03. The molecule has 1 atom stereocenters. The van der Waals surface area contributed by atoms with E-state index < -0.39 is 0 Å². The summed E-state index contributed by atoms with van der Waals surface area (Å²) in [6.45, 7) is 5.69. The Morgan fingerprint density at radius 1 is 1.26 bits per heavy atom. The fourth-order valence-corrected chi connectivity index (χ4v) is 3.33. The van der Waals surface area contributed by atoms with Crippen LogP contribution in [-0.4, -0.2) is 12.6 Å². The molecule has 2 saturated carbocycles. The molecule has 1 aromatic rings. The van der Waals surface area contributed by atoms with Crippen LogP contribution in [0.2, 0.25) is 5.02 Å². The van der Waals surface area contributed by atoms with E-state index in [1.54, 1.807) is 0 Å². The molecular formula is C17H24ClN. The zero-order valence-electron chi connectivity index (χ0n) is 12.0. The van der Waals surface area contributed by atoms with Crippen molar-refractivity contribution < 1.29 is 0 Å². The van der Waals surface area contributed by atoms with Gasteiger partial charge in [0, 0.05) is 17.6 Å². The van der Waals surface area contributed by atoms with Crippen LogP contribution in [0.15, 0.2) is 18.2 Å². The van der Waals surface area contributed by atoms with Crippen molar-refractivity contribution in [2.45, 2.75) is 52.0 Å². The molecular weight excluding hydrogens is 254 g/mol. The summed E-state index contributed by atoms with van der Waals surface area (Å²) in [5.74, 6) is 0.885. The van der Waals surface area contributed by atoms with Crippen molar-refractivity contribution >= 4 is 11.6 Å². The highest BCUT2D eigenvalue weighted by Crippen LogP contribution is 2.48. The second-order valence-corrected chi connectivity index (χ2v) is 7.26. The molecule has 1 unspecified atom stereocenters. The van der Waals surface area contributed by atoms with Crippen molar-refractivity contribution in [2.24, 2.45) is 11.3 Å². The van der Waals surface area contributed by atoms with Crippen LogP contribution in [0.4, 0.5) is 0 Å². The lowest BCUT2D eigenvalue weighted by Crippen LogP contribution is -2.36. The minimum absolute atomic E-state index is 0.376. The summed E-state index contributed by atoms with van der Waals surface area (Å²) >= 11 is 6.42. The molecule has 1 N–H and O–H groups in total. The molecule has 3 rings (SSSR count). The van der Waals surface area contributed by atoms with Crippen LogP contribution in [0.25, 0.3) is 0 Å². The van der Waals surface area contributed by atoms with E-state index in [9.17, 15) is 0 Å². The molecule has 0 saturated heterocycles. The van der Waals surface area contributed by atoms with E-state index in [0.717, 1.165) is 29.9 Å². The van der Waals surface area contributed by atoms with Crippen molar-refractivity contribution in [3.05, 3.63) is 34.3 Å². The molecule has 2 fully saturated rings. The number of aryl methyl sites for hydroxylation is 1. The van der Waals surface area contributed by atoms with Gasteiger partial charge in [0.15, 0.2) is 0 Å². The number of hydrogen-bond donors (Lipinski definition) is 1. The van der Waals surface area contributed by atoms with Crippen LogP contribution in [-0.2, 0) is 6.42 Å². The molecule has 1 aromatic carbocycles. The summed E-state index contributed by atoms with van der Waals surface area (Å²) < 4.78 is 0. The van der Waals surface area contributed by atoms with Crippen LogP contribution in [0.5, 0.6) is 0 Å². The predicted molar refractivity (Wildman–Crippen MR) is 81.7 cm³/mol. The molecule has 0 radical (unpaired) electrons. The van der Waals surface area contributed by atoms with Gasteiger partial charge in [0.05, 0.1) is 0 Å². The van der Waals surface area contributed by atoms with Crippen molar-refractivity contribution in [3.63, 3.8) is 0 Å². The molecule has 104 valence electrons. The lowest BCUT2D eigenvalue weighted by atomic mass is 9.78. The van der Waals surface area contributed by atoms with E-state index in [1.165, 1.54) is 36.8 Å². The Kier molecular flexibility index (Phi) is 3.61. The van der Waals surface area contributed by atoms with Crippen molar-refractivity contribution in [1.82, 2.24) is 5.32 Å². The monoisotopic (exact) mass is 277 g/mol. The summed E-state index contributed by atoms with van der Waals surface area (Å²) in [5, 5.41) is 4.67. The Hall–Kier alpha value is -0.530. The number of nitrogens with one attached hydrogen (secondary N) is 1. The Bertz CT molecular complexity index is 462. The second kappa shape index (κ2) is 5.10. The van der Waals surface area contributed by atoms with Gasteiger partial charge in [-0.25, -0.2) is 0 Å². The van der Waals surface area contributed by atoms with Gasteiger partial charge in [0.1, 0.15) is 0 Å². The average molecular weight is 278 g/mol. The van der Waals surface area contributed by atoms with Crippen molar-refractivity contribution in [3.8, 4) is 0 Å². The van der Waals surface area contributed by atoms with Crippen LogP contribution in [0.1, 0.15) is 43.7 Å². The first-order valence-corrected chi connectivity index (χ1v) is 7.93. The fraction of sp³-hybridized carbons (Fsp3) is 0.647. The number of halogens is 1. The average Bonchev–Trinajstić information content (AvgIpc) is 3.24. The minimum atomic E-state index is 0.376. The van der Waals surface area contributed by atoms with Gasteiger partial charge in [-0.2, -0.15) is 0 Å². The van der Waals surface area contributed by atoms with Crippen LogP contribution < -0.4 is 5.32 Å². The van der Waals surface area contributed by atoms with Gasteiger partial charge < -0.3 is 5.32 Å². The van der Waals surface area contributed by atoms with Gasteiger partial charge in [-0.1, -0.05) is 30.7 Å². The van der Waals surface area contributed by atoms with E-state index in [2.05, 4.69) is 37.4 Å². The zero-order chi connectivity index (χ0) is 13.5. The standard InChI is InChI=1S/C17H24ClN/c1-12-3-4-13(16(18)9-12)10-17(2,14-5-6-14)11-19-15-7-8-15/h3-4,9,14-15,19H,5-8,10-11H2,1-2H3. The molecule has 19 heavy (non-hydrogen) atoms. The summed E-state index contributed by atoms with van der Waals surface area (Å²) in [6.07, 6.45) is 6.63. The van der Waals surface area contributed by atoms with E-state index in [-0.39, 0.29) is 0 Å². The highest BCUT2D eigenvalue weighted by Gasteiger charge is 2.42.